The van der Waals surface area contributed by atoms with Gasteiger partial charge >= 0.3 is 52.9 Å². The highest BCUT2D eigenvalue weighted by atomic mass is 127. The predicted molar refractivity (Wildman–Crippen MR) is 269 cm³/mol. The Balaban J connectivity index is 0.000000462. The smallest absolute Gasteiger partial charge is 0.481 e. The molecule has 2 aliphatic heterocycles. The second kappa shape index (κ2) is 28.0. The van der Waals surface area contributed by atoms with Crippen LogP contribution in [0.3, 0.4) is 0 Å². The maximum atomic E-state index is 11.9. The molecule has 416 valence electrons. The van der Waals surface area contributed by atoms with E-state index in [-0.39, 0.29) is 56.9 Å². The van der Waals surface area contributed by atoms with Crippen molar-refractivity contribution < 1.29 is 127 Å². The number of aliphatic carboxylic acids is 1. The zero-order valence-electron chi connectivity index (χ0n) is 34.5. The highest BCUT2D eigenvalue weighted by molar-refractivity contribution is 14.3. The number of aliphatic hydroxyl groups excluding tert-OH is 2. The molecule has 46 heteroatoms. The van der Waals surface area contributed by atoms with Gasteiger partial charge in [0.1, 0.15) is 42.8 Å². The van der Waals surface area contributed by atoms with Crippen molar-refractivity contribution in [3.05, 3.63) is 25.3 Å². The van der Waals surface area contributed by atoms with Gasteiger partial charge in [-0.25, -0.2) is 57.3 Å². The third-order valence-electron chi connectivity index (χ3n) is 8.23. The number of phosphoric acid groups is 6. The van der Waals surface area contributed by atoms with Gasteiger partial charge in [-0.05, 0) is 0 Å². The van der Waals surface area contributed by atoms with Crippen molar-refractivity contribution in [2.45, 2.75) is 77.3 Å². The van der Waals surface area contributed by atoms with Gasteiger partial charge in [-0.15, -0.1) is 0 Å². The number of rotatable bonds is 20. The molecule has 2 aliphatic rings. The van der Waals surface area contributed by atoms with E-state index >= 15 is 0 Å². The van der Waals surface area contributed by atoms with Crippen LogP contribution in [-0.4, -0.2) is 143 Å². The Morgan fingerprint density at radius 2 is 1.05 bits per heavy atom. The quantitative estimate of drug-likeness (QED) is 0.0344. The first-order valence-corrected chi connectivity index (χ1v) is 31.1. The van der Waals surface area contributed by atoms with Crippen LogP contribution in [0.1, 0.15) is 53.0 Å². The van der Waals surface area contributed by atoms with Gasteiger partial charge in [0.2, 0.25) is 5.91 Å². The Morgan fingerprint density at radius 3 is 1.47 bits per heavy atom. The van der Waals surface area contributed by atoms with Crippen molar-refractivity contribution in [3.8, 4) is 0 Å². The van der Waals surface area contributed by atoms with Crippen LogP contribution in [0.2, 0.25) is 0 Å². The third kappa shape index (κ3) is 22.5. The lowest BCUT2D eigenvalue weighted by Crippen LogP contribution is -2.26. The molecule has 0 aromatic carbocycles. The van der Waals surface area contributed by atoms with Gasteiger partial charge in [-0.3, -0.25) is 27.8 Å². The lowest BCUT2D eigenvalue weighted by molar-refractivity contribution is -0.138. The molecule has 73 heavy (non-hydrogen) atoms. The number of carbonyl (C=O) groups is 2. The van der Waals surface area contributed by atoms with Crippen LogP contribution in [0.25, 0.3) is 22.3 Å². The molecule has 2 fully saturated rings. The summed E-state index contributed by atoms with van der Waals surface area (Å²) in [6, 6.07) is 0. The number of halogens is 3. The van der Waals surface area contributed by atoms with Crippen molar-refractivity contribution in [2.75, 3.05) is 24.3 Å². The Labute approximate surface area is 450 Å². The molecule has 2 saturated heterocycles. The second-order valence-corrected chi connectivity index (χ2v) is 33.2. The number of imidazole rings is 2. The average Bonchev–Trinajstić information content (AvgIpc) is 3.98. The van der Waals surface area contributed by atoms with Crippen molar-refractivity contribution >= 4 is 161 Å². The van der Waals surface area contributed by atoms with Gasteiger partial charge in [0, 0.05) is 19.3 Å². The number of nitrogens with two attached hydrogens (primary N) is 1. The number of carboxylic acid groups (broad SMARTS) is 1. The Kier molecular flexibility index (Phi) is 26.0. The summed E-state index contributed by atoms with van der Waals surface area (Å²) in [5.74, 6) is -1.67. The van der Waals surface area contributed by atoms with Gasteiger partial charge in [0.15, 0.2) is 28.4 Å². The number of carbonyl (C=O) groups excluding carboxylic acids is 1. The number of anilines is 2. The summed E-state index contributed by atoms with van der Waals surface area (Å²) in [5.41, 5.74) is 6.57. The molecular formula is C27H45I3N10O27P6. The molecule has 6 rings (SSSR count). The van der Waals surface area contributed by atoms with E-state index in [1.54, 1.807) is 0 Å². The van der Waals surface area contributed by atoms with E-state index in [1.807, 2.05) is 0 Å². The zero-order valence-corrected chi connectivity index (χ0v) is 46.4. The molecule has 10 atom stereocenters. The Bertz CT molecular complexity index is 2820. The second-order valence-electron chi connectivity index (χ2n) is 13.5. The predicted octanol–water partition coefficient (Wildman–Crippen LogP) is 2.87. The summed E-state index contributed by atoms with van der Waals surface area (Å²) >= 11 is 6.95. The molecule has 6 unspecified atom stereocenters. The topological polar surface area (TPSA) is 558 Å². The Morgan fingerprint density at radius 1 is 0.658 bits per heavy atom. The van der Waals surface area contributed by atoms with E-state index in [0.29, 0.717) is 11.2 Å². The van der Waals surface area contributed by atoms with E-state index < -0.39 is 115 Å². The number of carboxylic acids is 1. The number of hydrogen-bond acceptors (Lipinski definition) is 25. The first kappa shape index (κ1) is 67.8. The van der Waals surface area contributed by atoms with E-state index in [0.717, 1.165) is 6.27 Å². The summed E-state index contributed by atoms with van der Waals surface area (Å²) in [4.78, 5) is 118. The average molecular weight is 1510 g/mol. The summed E-state index contributed by atoms with van der Waals surface area (Å²) in [5, 5.41) is 31.5. The highest BCUT2D eigenvalue weighted by Gasteiger charge is 2.45. The zero-order chi connectivity index (χ0) is 53.5. The molecule has 0 radical (unpaired) electrons. The fraction of sp³-hybridized carbons (Fsp3) is 0.556. The molecule has 0 spiro atoms. The molecule has 0 bridgehead atoms. The minimum Gasteiger partial charge on any atom is -0.481 e. The fourth-order valence-corrected chi connectivity index (χ4v) is 11.7. The lowest BCUT2D eigenvalue weighted by Gasteiger charge is -2.19. The largest absolute Gasteiger partial charge is 0.490 e. The number of alkyl halides is 3. The van der Waals surface area contributed by atoms with Crippen LogP contribution in [0.4, 0.5) is 11.6 Å². The van der Waals surface area contributed by atoms with Crippen molar-refractivity contribution in [3.63, 3.8) is 0 Å². The number of ether oxygens (including phenoxy) is 2. The van der Waals surface area contributed by atoms with E-state index in [4.69, 9.17) is 44.8 Å². The molecule has 6 heterocycles. The third-order valence-corrected chi connectivity index (χ3v) is 15.8. The molecule has 1 amide bonds. The minimum absolute atomic E-state index is 0. The van der Waals surface area contributed by atoms with Crippen molar-refractivity contribution in [1.82, 2.24) is 39.0 Å². The van der Waals surface area contributed by atoms with Gasteiger partial charge < -0.3 is 75.0 Å². The lowest BCUT2D eigenvalue weighted by atomic mass is 10.2. The standard InChI is InChI=1S/C14H20N5O15P3.C10H16N5O12P3.CHI3.2CH4/c20-7-3-10(32-8(7)4-31-36(27,28)34-37(29,30)33-35(24,25)26)19-6-17-12-13(15-5-16-14(12)19)18-9(21)1-2-11(22)23;11-9-8-10(13-3-12-9)15(4-14-8)7-1-5(16)6(25-7)2-24-29(20,21)27-30(22,23)26-28(17,18)19;2-1(3)4;;/h5-8,10,20H,1-4H2,(H,22,23)(H,27,28)(H,29,30)(H2,24,25,26)(H,15,16,18,21);3-7,16H,1-2H2,(H,20,21)(H,22,23)(H2,11,12,13)(H2,17,18,19);1H;2*1H4/t7?,8-,10-;5?,6-,7-;;;/m11.../s1. The number of hydrogen-bond donors (Lipinski definition) is 13. The molecule has 4 aromatic heterocycles. The maximum Gasteiger partial charge on any atom is 0.490 e. The van der Waals surface area contributed by atoms with Crippen LogP contribution >= 0.6 is 115 Å². The molecule has 0 saturated carbocycles. The van der Waals surface area contributed by atoms with Crippen LogP contribution in [-0.2, 0) is 72.7 Å². The molecule has 14 N–H and O–H groups in total. The number of phosphoric ester groups is 2. The Hall–Kier alpha value is -1.31. The van der Waals surface area contributed by atoms with Gasteiger partial charge in [-0.2, -0.15) is 17.2 Å². The molecule has 37 nitrogen and oxygen atoms in total. The summed E-state index contributed by atoms with van der Waals surface area (Å²) in [7, 11) is -33.2. The summed E-state index contributed by atoms with van der Waals surface area (Å²) in [6.07, 6.45) is -2.67. The van der Waals surface area contributed by atoms with E-state index in [9.17, 15) is 61.9 Å². The van der Waals surface area contributed by atoms with E-state index in [2.05, 4.69) is 129 Å². The maximum absolute atomic E-state index is 11.9. The van der Waals surface area contributed by atoms with Crippen molar-refractivity contribution in [2.24, 2.45) is 0 Å². The van der Waals surface area contributed by atoms with Gasteiger partial charge in [-0.1, -0.05) is 82.6 Å². The van der Waals surface area contributed by atoms with Crippen LogP contribution < -0.4 is 11.1 Å². The molecule has 4 aromatic rings. The monoisotopic (exact) mass is 1510 g/mol. The number of fused-ring (bicyclic) bond motifs is 2. The van der Waals surface area contributed by atoms with Crippen LogP contribution in [0, 0.1) is 0 Å². The summed E-state index contributed by atoms with van der Waals surface area (Å²) in [6.45, 7) is -1.65. The van der Waals surface area contributed by atoms with Crippen LogP contribution in [0.5, 0.6) is 0 Å². The number of aliphatic hydroxyl groups is 2. The van der Waals surface area contributed by atoms with E-state index in [1.165, 1.54) is 28.1 Å². The summed E-state index contributed by atoms with van der Waals surface area (Å²) < 4.78 is 106. The molecule has 0 aliphatic carbocycles. The van der Waals surface area contributed by atoms with Crippen LogP contribution in [0.15, 0.2) is 25.3 Å². The van der Waals surface area contributed by atoms with Gasteiger partial charge in [0.25, 0.3) is 0 Å². The van der Waals surface area contributed by atoms with Crippen molar-refractivity contribution in [1.29, 1.82) is 0 Å². The highest BCUT2D eigenvalue weighted by Crippen LogP contribution is 2.67. The first-order chi connectivity index (χ1) is 32.5. The molecular weight excluding hydrogens is 1460 g/mol. The minimum atomic E-state index is -5.71. The SMILES string of the molecule is C.C.IC(I)I.Nc1ncnc2c1ncn2[C@H]1CC(O)[C@@H](COP(=O)(O)OP(=O)(O)OP(=O)(O)O)O1.O=C(O)CCC(=O)Nc1ncnc2c1ncn2[C@H]1CC(O)[C@@H](COP(=O)(O)OP(=O)(O)OP(=O)(O)O)O1. The van der Waals surface area contributed by atoms with Gasteiger partial charge in [0.05, 0.1) is 44.5 Å². The first-order valence-electron chi connectivity index (χ1n) is 18.3. The number of nitrogen functional groups attached to an aromatic ring is 1. The number of nitrogens with zero attached hydrogens (tertiary/aromatic N) is 8. The number of nitrogens with one attached hydrogen (secondary N) is 1. The number of aromatic nitrogens is 8. The normalized spacial score (nSPS) is 23.3. The fourth-order valence-electron chi connectivity index (χ4n) is 5.66. The number of amides is 1.